The fourth-order valence-electron chi connectivity index (χ4n) is 2.99. The number of H-pyrrole nitrogens is 1. The molecule has 0 bridgehead atoms. The number of esters is 1. The number of hydrogen-bond acceptors (Lipinski definition) is 6. The van der Waals surface area contributed by atoms with Gasteiger partial charge in [-0.2, -0.15) is 10.2 Å². The lowest BCUT2D eigenvalue weighted by Gasteiger charge is -2.14. The minimum absolute atomic E-state index is 0.135. The Morgan fingerprint density at radius 3 is 2.75 bits per heavy atom. The number of ether oxygens (including phenoxy) is 1. The average molecular weight is 381 g/mol. The monoisotopic (exact) mass is 381 g/mol. The van der Waals surface area contributed by atoms with E-state index in [1.807, 2.05) is 26.8 Å². The Labute approximate surface area is 161 Å². The predicted octanol–water partition coefficient (Wildman–Crippen LogP) is 3.32. The van der Waals surface area contributed by atoms with Crippen molar-refractivity contribution in [1.29, 1.82) is 0 Å². The Morgan fingerprint density at radius 2 is 2.11 bits per heavy atom. The maximum Gasteiger partial charge on any atom is 0.338 e. The van der Waals surface area contributed by atoms with Crippen molar-refractivity contribution in [2.24, 2.45) is 5.92 Å². The SMILES string of the molecule is Cc1cc(Nc2nn(C(C)C)c(=O)c3cc(C(=O)OCC4CC4)ccc23)n[nH]1. The second kappa shape index (κ2) is 7.10. The Kier molecular flexibility index (Phi) is 4.62. The average Bonchev–Trinajstić information content (AvgIpc) is 3.42. The third-order valence-corrected chi connectivity index (χ3v) is 4.75. The van der Waals surface area contributed by atoms with Gasteiger partial charge in [0.25, 0.3) is 5.56 Å². The lowest BCUT2D eigenvalue weighted by atomic mass is 10.1. The van der Waals surface area contributed by atoms with Crippen LogP contribution < -0.4 is 10.9 Å². The number of fused-ring (bicyclic) bond motifs is 1. The summed E-state index contributed by atoms with van der Waals surface area (Å²) in [5, 5.41) is 15.7. The Morgan fingerprint density at radius 1 is 1.32 bits per heavy atom. The van der Waals surface area contributed by atoms with Gasteiger partial charge in [0, 0.05) is 17.1 Å². The summed E-state index contributed by atoms with van der Waals surface area (Å²) in [4.78, 5) is 25.3. The number of nitrogens with one attached hydrogen (secondary N) is 2. The molecule has 8 nitrogen and oxygen atoms in total. The van der Waals surface area contributed by atoms with Crippen LogP contribution in [0.4, 0.5) is 11.6 Å². The normalized spacial score (nSPS) is 13.9. The molecule has 1 saturated carbocycles. The zero-order valence-corrected chi connectivity index (χ0v) is 16.2. The van der Waals surface area contributed by atoms with E-state index < -0.39 is 5.97 Å². The van der Waals surface area contributed by atoms with Crippen molar-refractivity contribution in [3.8, 4) is 0 Å². The molecule has 8 heteroatoms. The molecule has 0 saturated heterocycles. The van der Waals surface area contributed by atoms with Crippen LogP contribution in [0, 0.1) is 12.8 Å². The van der Waals surface area contributed by atoms with Gasteiger partial charge in [-0.25, -0.2) is 9.48 Å². The zero-order valence-electron chi connectivity index (χ0n) is 16.2. The van der Waals surface area contributed by atoms with E-state index in [0.717, 1.165) is 18.5 Å². The van der Waals surface area contributed by atoms with Gasteiger partial charge in [0.1, 0.15) is 0 Å². The molecular weight excluding hydrogens is 358 g/mol. The van der Waals surface area contributed by atoms with Crippen LogP contribution in [0.2, 0.25) is 0 Å². The molecule has 0 amide bonds. The molecule has 146 valence electrons. The lowest BCUT2D eigenvalue weighted by molar-refractivity contribution is 0.0486. The molecule has 0 radical (unpaired) electrons. The van der Waals surface area contributed by atoms with Crippen LogP contribution >= 0.6 is 0 Å². The second-order valence-corrected chi connectivity index (χ2v) is 7.56. The van der Waals surface area contributed by atoms with E-state index in [1.165, 1.54) is 4.68 Å². The van der Waals surface area contributed by atoms with Crippen molar-refractivity contribution in [3.63, 3.8) is 0 Å². The highest BCUT2D eigenvalue weighted by Gasteiger charge is 2.24. The van der Waals surface area contributed by atoms with Crippen molar-refractivity contribution in [3.05, 3.63) is 45.9 Å². The first-order valence-electron chi connectivity index (χ1n) is 9.45. The minimum atomic E-state index is -0.404. The first kappa shape index (κ1) is 18.2. The molecule has 0 atom stereocenters. The largest absolute Gasteiger partial charge is 0.462 e. The lowest BCUT2D eigenvalue weighted by Crippen LogP contribution is -2.26. The maximum atomic E-state index is 12.9. The van der Waals surface area contributed by atoms with E-state index in [1.54, 1.807) is 18.2 Å². The quantitative estimate of drug-likeness (QED) is 0.635. The fourth-order valence-corrected chi connectivity index (χ4v) is 2.99. The number of hydrogen-bond donors (Lipinski definition) is 2. The number of aromatic nitrogens is 4. The van der Waals surface area contributed by atoms with E-state index in [0.29, 0.717) is 40.5 Å². The molecule has 2 N–H and O–H groups in total. The van der Waals surface area contributed by atoms with Gasteiger partial charge in [-0.1, -0.05) is 0 Å². The number of nitrogens with zero attached hydrogens (tertiary/aromatic N) is 3. The van der Waals surface area contributed by atoms with Gasteiger partial charge in [-0.05, 0) is 57.7 Å². The van der Waals surface area contributed by atoms with E-state index in [4.69, 9.17) is 4.74 Å². The van der Waals surface area contributed by atoms with Gasteiger partial charge in [0.05, 0.1) is 23.6 Å². The van der Waals surface area contributed by atoms with Gasteiger partial charge < -0.3 is 10.1 Å². The van der Waals surface area contributed by atoms with Crippen LogP contribution in [-0.2, 0) is 4.74 Å². The first-order chi connectivity index (χ1) is 13.4. The number of benzene rings is 1. The third-order valence-electron chi connectivity index (χ3n) is 4.75. The molecule has 28 heavy (non-hydrogen) atoms. The van der Waals surface area contributed by atoms with Crippen LogP contribution in [0.3, 0.4) is 0 Å². The zero-order chi connectivity index (χ0) is 19.8. The molecule has 0 spiro atoms. The molecule has 1 aliphatic rings. The van der Waals surface area contributed by atoms with Crippen LogP contribution in [0.25, 0.3) is 10.8 Å². The van der Waals surface area contributed by atoms with Gasteiger partial charge in [-0.3, -0.25) is 9.89 Å². The second-order valence-electron chi connectivity index (χ2n) is 7.56. The van der Waals surface area contributed by atoms with Gasteiger partial charge in [0.15, 0.2) is 11.6 Å². The van der Waals surface area contributed by atoms with Crippen molar-refractivity contribution < 1.29 is 9.53 Å². The smallest absolute Gasteiger partial charge is 0.338 e. The molecule has 3 aromatic rings. The van der Waals surface area contributed by atoms with Crippen LogP contribution in [0.15, 0.2) is 29.1 Å². The summed E-state index contributed by atoms with van der Waals surface area (Å²) in [7, 11) is 0. The van der Waals surface area contributed by atoms with Gasteiger partial charge >= 0.3 is 5.97 Å². The van der Waals surface area contributed by atoms with Gasteiger partial charge in [0.2, 0.25) is 0 Å². The Bertz CT molecular complexity index is 1090. The number of carbonyl (C=O) groups excluding carboxylic acids is 1. The van der Waals surface area contributed by atoms with Crippen LogP contribution in [0.1, 0.15) is 48.8 Å². The topological polar surface area (TPSA) is 102 Å². The molecule has 0 unspecified atom stereocenters. The summed E-state index contributed by atoms with van der Waals surface area (Å²) < 4.78 is 6.76. The van der Waals surface area contributed by atoms with Crippen molar-refractivity contribution in [1.82, 2.24) is 20.0 Å². The third kappa shape index (κ3) is 3.62. The molecule has 1 aromatic carbocycles. The fraction of sp³-hybridized carbons (Fsp3) is 0.400. The highest BCUT2D eigenvalue weighted by atomic mass is 16.5. The maximum absolute atomic E-state index is 12.9. The van der Waals surface area contributed by atoms with E-state index in [2.05, 4.69) is 20.6 Å². The summed E-state index contributed by atoms with van der Waals surface area (Å²) >= 11 is 0. The highest BCUT2D eigenvalue weighted by molar-refractivity contribution is 5.98. The number of carbonyl (C=O) groups is 1. The van der Waals surface area contributed by atoms with Crippen molar-refractivity contribution >= 4 is 28.4 Å². The highest BCUT2D eigenvalue weighted by Crippen LogP contribution is 2.29. The Hall–Kier alpha value is -3.16. The van der Waals surface area contributed by atoms with E-state index >= 15 is 0 Å². The van der Waals surface area contributed by atoms with Crippen LogP contribution in [-0.4, -0.2) is 32.6 Å². The molecule has 1 aliphatic carbocycles. The molecular formula is C20H23N5O3. The van der Waals surface area contributed by atoms with E-state index in [-0.39, 0.29) is 11.6 Å². The number of rotatable bonds is 6. The van der Waals surface area contributed by atoms with E-state index in [9.17, 15) is 9.59 Å². The summed E-state index contributed by atoms with van der Waals surface area (Å²) in [5.41, 5.74) is 1.03. The predicted molar refractivity (Wildman–Crippen MR) is 106 cm³/mol. The number of aryl methyl sites for hydroxylation is 1. The molecule has 0 aliphatic heterocycles. The summed E-state index contributed by atoms with van der Waals surface area (Å²) in [6.45, 7) is 6.11. The molecule has 2 aromatic heterocycles. The summed E-state index contributed by atoms with van der Waals surface area (Å²) in [5.74, 6) is 1.19. The molecule has 1 fully saturated rings. The molecule has 2 heterocycles. The minimum Gasteiger partial charge on any atom is -0.462 e. The van der Waals surface area contributed by atoms with Crippen molar-refractivity contribution in [2.45, 2.75) is 39.7 Å². The standard InChI is InChI=1S/C20H23N5O3/c1-11(2)25-19(26)16-9-14(20(27)28-10-13-4-5-13)6-7-15(16)18(24-25)21-17-8-12(3)22-23-17/h6-9,11,13H,4-5,10H2,1-3H3,(H2,21,22,23,24). The Balaban J connectivity index is 1.76. The van der Waals surface area contributed by atoms with Gasteiger partial charge in [-0.15, -0.1) is 0 Å². The number of anilines is 2. The summed E-state index contributed by atoms with van der Waals surface area (Å²) in [6.07, 6.45) is 2.22. The first-order valence-corrected chi connectivity index (χ1v) is 9.45. The number of aromatic amines is 1. The molecule has 4 rings (SSSR count). The van der Waals surface area contributed by atoms with Crippen molar-refractivity contribution in [2.75, 3.05) is 11.9 Å². The van der Waals surface area contributed by atoms with Crippen LogP contribution in [0.5, 0.6) is 0 Å². The summed E-state index contributed by atoms with van der Waals surface area (Å²) in [6, 6.07) is 6.70.